The molecule has 1 aromatic rings. The highest BCUT2D eigenvalue weighted by Crippen LogP contribution is 2.14. The van der Waals surface area contributed by atoms with Crippen LogP contribution in [0.4, 0.5) is 0 Å². The Morgan fingerprint density at radius 3 is 2.92 bits per heavy atom. The van der Waals surface area contributed by atoms with Crippen LogP contribution in [0.3, 0.4) is 0 Å². The molecular weight excluding hydrogens is 168 g/mol. The minimum atomic E-state index is -0.578. The van der Waals surface area contributed by atoms with Crippen molar-refractivity contribution in [3.05, 3.63) is 40.0 Å². The molecule has 13 heavy (non-hydrogen) atoms. The van der Waals surface area contributed by atoms with E-state index < -0.39 is 6.04 Å². The lowest BCUT2D eigenvalue weighted by Crippen LogP contribution is -2.02. The molecule has 0 amide bonds. The van der Waals surface area contributed by atoms with Gasteiger partial charge in [0.1, 0.15) is 6.04 Å². The van der Waals surface area contributed by atoms with Gasteiger partial charge in [-0.1, -0.05) is 11.2 Å². The third-order valence-electron chi connectivity index (χ3n) is 1.64. The number of aryl methyl sites for hydroxylation is 1. The van der Waals surface area contributed by atoms with Crippen molar-refractivity contribution < 1.29 is 5.11 Å². The fourth-order valence-corrected chi connectivity index (χ4v) is 0.928. The summed E-state index contributed by atoms with van der Waals surface area (Å²) in [5.74, 6) is 0. The van der Waals surface area contributed by atoms with Gasteiger partial charge in [-0.05, 0) is 24.1 Å². The largest absolute Gasteiger partial charge is 0.396 e. The Kier molecular flexibility index (Phi) is 3.25. The molecule has 0 aliphatic heterocycles. The van der Waals surface area contributed by atoms with Gasteiger partial charge in [-0.2, -0.15) is 0 Å². The SMILES string of the molecule is Cc1ccc(C(CO)N=[N+]=[N-])nc1. The molecular formula is C8H10N4O. The van der Waals surface area contributed by atoms with Gasteiger partial charge in [-0.15, -0.1) is 0 Å². The summed E-state index contributed by atoms with van der Waals surface area (Å²) >= 11 is 0. The van der Waals surface area contributed by atoms with Crippen molar-refractivity contribution in [3.63, 3.8) is 0 Å². The molecule has 5 heteroatoms. The van der Waals surface area contributed by atoms with Gasteiger partial charge in [-0.25, -0.2) is 0 Å². The van der Waals surface area contributed by atoms with Gasteiger partial charge in [0.25, 0.3) is 0 Å². The molecule has 1 N–H and O–H groups in total. The highest BCUT2D eigenvalue weighted by Gasteiger charge is 2.08. The number of hydrogen-bond acceptors (Lipinski definition) is 3. The molecule has 0 aliphatic rings. The zero-order chi connectivity index (χ0) is 9.68. The third-order valence-corrected chi connectivity index (χ3v) is 1.64. The first-order valence-corrected chi connectivity index (χ1v) is 3.85. The summed E-state index contributed by atoms with van der Waals surface area (Å²) < 4.78 is 0. The van der Waals surface area contributed by atoms with E-state index in [2.05, 4.69) is 15.0 Å². The second kappa shape index (κ2) is 4.45. The first-order chi connectivity index (χ1) is 6.27. The van der Waals surface area contributed by atoms with Gasteiger partial charge in [-0.3, -0.25) is 4.98 Å². The van der Waals surface area contributed by atoms with Crippen molar-refractivity contribution in [2.45, 2.75) is 13.0 Å². The molecule has 0 aliphatic carbocycles. The first-order valence-electron chi connectivity index (χ1n) is 3.85. The van der Waals surface area contributed by atoms with Crippen LogP contribution in [-0.2, 0) is 0 Å². The van der Waals surface area contributed by atoms with E-state index in [-0.39, 0.29) is 6.61 Å². The van der Waals surface area contributed by atoms with Gasteiger partial charge < -0.3 is 5.11 Å². The lowest BCUT2D eigenvalue weighted by Gasteiger charge is -2.05. The van der Waals surface area contributed by atoms with Crippen molar-refractivity contribution >= 4 is 0 Å². The summed E-state index contributed by atoms with van der Waals surface area (Å²) in [6, 6.07) is 3.02. The van der Waals surface area contributed by atoms with Gasteiger partial charge in [0.05, 0.1) is 12.3 Å². The smallest absolute Gasteiger partial charge is 0.103 e. The number of hydrogen-bond donors (Lipinski definition) is 1. The molecule has 0 saturated heterocycles. The van der Waals surface area contributed by atoms with Crippen molar-refractivity contribution in [2.75, 3.05) is 6.61 Å². The Balaban J connectivity index is 2.91. The van der Waals surface area contributed by atoms with Gasteiger partial charge >= 0.3 is 0 Å². The molecule has 1 unspecified atom stereocenters. The summed E-state index contributed by atoms with van der Waals surface area (Å²) in [5.41, 5.74) is 9.82. The first kappa shape index (κ1) is 9.51. The Morgan fingerprint density at radius 2 is 2.46 bits per heavy atom. The van der Waals surface area contributed by atoms with Gasteiger partial charge in [0.15, 0.2) is 0 Å². The average molecular weight is 178 g/mol. The molecule has 0 spiro atoms. The normalized spacial score (nSPS) is 11.8. The Hall–Kier alpha value is -1.58. The molecule has 0 bridgehead atoms. The van der Waals surface area contributed by atoms with E-state index in [1.54, 1.807) is 12.3 Å². The van der Waals surface area contributed by atoms with E-state index in [4.69, 9.17) is 10.6 Å². The van der Waals surface area contributed by atoms with Crippen LogP contribution in [-0.4, -0.2) is 16.7 Å². The lowest BCUT2D eigenvalue weighted by molar-refractivity contribution is 0.266. The number of aromatic nitrogens is 1. The highest BCUT2D eigenvalue weighted by molar-refractivity contribution is 5.15. The second-order valence-electron chi connectivity index (χ2n) is 2.66. The number of azide groups is 1. The van der Waals surface area contributed by atoms with Crippen LogP contribution in [0, 0.1) is 6.92 Å². The van der Waals surface area contributed by atoms with E-state index in [0.29, 0.717) is 5.69 Å². The zero-order valence-corrected chi connectivity index (χ0v) is 7.25. The molecule has 0 radical (unpaired) electrons. The molecule has 0 aromatic carbocycles. The number of aliphatic hydroxyl groups excluding tert-OH is 1. The van der Waals surface area contributed by atoms with Crippen LogP contribution in [0.1, 0.15) is 17.3 Å². The van der Waals surface area contributed by atoms with E-state index in [0.717, 1.165) is 5.56 Å². The quantitative estimate of drug-likeness (QED) is 0.434. The monoisotopic (exact) mass is 178 g/mol. The minimum Gasteiger partial charge on any atom is -0.396 e. The molecule has 1 rings (SSSR count). The summed E-state index contributed by atoms with van der Waals surface area (Å²) in [5, 5.41) is 12.3. The number of pyridine rings is 1. The molecule has 0 fully saturated rings. The second-order valence-corrected chi connectivity index (χ2v) is 2.66. The van der Waals surface area contributed by atoms with E-state index >= 15 is 0 Å². The van der Waals surface area contributed by atoms with E-state index in [1.807, 2.05) is 13.0 Å². The molecule has 1 heterocycles. The van der Waals surface area contributed by atoms with Crippen molar-refractivity contribution in [3.8, 4) is 0 Å². The van der Waals surface area contributed by atoms with Crippen LogP contribution in [0.5, 0.6) is 0 Å². The fourth-order valence-electron chi connectivity index (χ4n) is 0.928. The van der Waals surface area contributed by atoms with Crippen LogP contribution in [0.15, 0.2) is 23.4 Å². The number of aliphatic hydroxyl groups is 1. The topological polar surface area (TPSA) is 81.9 Å². The maximum atomic E-state index is 8.88. The Bertz CT molecular complexity index is 315. The molecule has 68 valence electrons. The lowest BCUT2D eigenvalue weighted by atomic mass is 10.2. The molecule has 5 nitrogen and oxygen atoms in total. The Morgan fingerprint density at radius 1 is 1.69 bits per heavy atom. The van der Waals surface area contributed by atoms with Crippen molar-refractivity contribution in [2.24, 2.45) is 5.11 Å². The van der Waals surface area contributed by atoms with Crippen molar-refractivity contribution in [1.29, 1.82) is 0 Å². The minimum absolute atomic E-state index is 0.222. The Labute approximate surface area is 75.7 Å². The zero-order valence-electron chi connectivity index (χ0n) is 7.25. The standard InChI is InChI=1S/C8H10N4O/c1-6-2-3-7(10-4-6)8(5-13)11-12-9/h2-4,8,13H,5H2,1H3. The predicted molar refractivity (Wildman–Crippen MR) is 47.9 cm³/mol. The van der Waals surface area contributed by atoms with Crippen LogP contribution >= 0.6 is 0 Å². The molecule has 0 saturated carbocycles. The van der Waals surface area contributed by atoms with Crippen LogP contribution in [0.2, 0.25) is 0 Å². The van der Waals surface area contributed by atoms with E-state index in [1.165, 1.54) is 0 Å². The summed E-state index contributed by atoms with van der Waals surface area (Å²) in [7, 11) is 0. The van der Waals surface area contributed by atoms with Crippen molar-refractivity contribution in [1.82, 2.24) is 4.98 Å². The maximum Gasteiger partial charge on any atom is 0.103 e. The molecule has 1 aromatic heterocycles. The van der Waals surface area contributed by atoms with Crippen LogP contribution in [0.25, 0.3) is 10.4 Å². The third kappa shape index (κ3) is 2.43. The van der Waals surface area contributed by atoms with Gasteiger partial charge in [0.2, 0.25) is 0 Å². The van der Waals surface area contributed by atoms with Gasteiger partial charge in [0, 0.05) is 11.1 Å². The fraction of sp³-hybridized carbons (Fsp3) is 0.375. The number of rotatable bonds is 3. The summed E-state index contributed by atoms with van der Waals surface area (Å²) in [6.07, 6.45) is 1.67. The highest BCUT2D eigenvalue weighted by atomic mass is 16.3. The molecule has 1 atom stereocenters. The summed E-state index contributed by atoms with van der Waals surface area (Å²) in [4.78, 5) is 6.67. The number of nitrogens with zero attached hydrogens (tertiary/aromatic N) is 4. The van der Waals surface area contributed by atoms with Crippen LogP contribution < -0.4 is 0 Å². The maximum absolute atomic E-state index is 8.88. The predicted octanol–water partition coefficient (Wildman–Crippen LogP) is 1.73. The average Bonchev–Trinajstić information content (AvgIpc) is 2.16. The summed E-state index contributed by atoms with van der Waals surface area (Å²) in [6.45, 7) is 1.69. The van der Waals surface area contributed by atoms with E-state index in [9.17, 15) is 0 Å².